The summed E-state index contributed by atoms with van der Waals surface area (Å²) in [5, 5.41) is 14.7. The van der Waals surface area contributed by atoms with Gasteiger partial charge >= 0.3 is 12.1 Å². The van der Waals surface area contributed by atoms with Crippen LogP contribution in [0.4, 0.5) is 13.2 Å². The number of benzene rings is 1. The minimum absolute atomic E-state index is 0.0808. The van der Waals surface area contributed by atoms with E-state index in [2.05, 4.69) is 10.4 Å². The molecule has 0 fully saturated rings. The summed E-state index contributed by atoms with van der Waals surface area (Å²) < 4.78 is 39.4. The van der Waals surface area contributed by atoms with Crippen LogP contribution in [0.25, 0.3) is 5.69 Å². The number of nitrogens with one attached hydrogen (secondary N) is 1. The minimum Gasteiger partial charge on any atom is -0.481 e. The quantitative estimate of drug-likeness (QED) is 0.791. The second-order valence-corrected chi connectivity index (χ2v) is 4.93. The van der Waals surface area contributed by atoms with E-state index in [9.17, 15) is 22.8 Å². The molecule has 0 saturated carbocycles. The van der Waals surface area contributed by atoms with Crippen molar-refractivity contribution < 1.29 is 27.9 Å². The number of aliphatic carboxylic acids is 1. The highest BCUT2D eigenvalue weighted by molar-refractivity contribution is 5.94. The summed E-state index contributed by atoms with van der Waals surface area (Å²) in [4.78, 5) is 22.4. The van der Waals surface area contributed by atoms with E-state index in [1.807, 2.05) is 0 Å². The zero-order chi connectivity index (χ0) is 17.7. The number of carboxylic acid groups (broad SMARTS) is 1. The highest BCUT2D eigenvalue weighted by Crippen LogP contribution is 2.30. The van der Waals surface area contributed by atoms with Crippen LogP contribution in [-0.4, -0.2) is 33.3 Å². The molecule has 2 N–H and O–H groups in total. The molecule has 6 nitrogen and oxygen atoms in total. The Morgan fingerprint density at radius 1 is 1.25 bits per heavy atom. The van der Waals surface area contributed by atoms with Crippen LogP contribution in [0.1, 0.15) is 28.9 Å². The van der Waals surface area contributed by atoms with Crippen molar-refractivity contribution >= 4 is 11.9 Å². The van der Waals surface area contributed by atoms with Crippen molar-refractivity contribution in [3.05, 3.63) is 47.8 Å². The Morgan fingerprint density at radius 3 is 2.67 bits per heavy atom. The Kier molecular flexibility index (Phi) is 5.22. The number of carbonyl (C=O) groups is 2. The summed E-state index contributed by atoms with van der Waals surface area (Å²) >= 11 is 0. The third kappa shape index (κ3) is 4.34. The highest BCUT2D eigenvalue weighted by atomic mass is 19.4. The number of alkyl halides is 3. The monoisotopic (exact) mass is 341 g/mol. The molecule has 0 spiro atoms. The molecule has 9 heteroatoms. The molecule has 0 saturated heterocycles. The van der Waals surface area contributed by atoms with Crippen molar-refractivity contribution in [3.8, 4) is 5.69 Å². The second-order valence-electron chi connectivity index (χ2n) is 4.93. The lowest BCUT2D eigenvalue weighted by atomic mass is 10.2. The zero-order valence-corrected chi connectivity index (χ0v) is 12.4. The highest BCUT2D eigenvalue weighted by Gasteiger charge is 2.35. The summed E-state index contributed by atoms with van der Waals surface area (Å²) in [7, 11) is 0. The average Bonchev–Trinajstić information content (AvgIpc) is 3.01. The Labute approximate surface area is 134 Å². The van der Waals surface area contributed by atoms with Gasteiger partial charge in [0.05, 0.1) is 11.9 Å². The van der Waals surface area contributed by atoms with E-state index in [1.54, 1.807) is 0 Å². The van der Waals surface area contributed by atoms with E-state index in [4.69, 9.17) is 5.11 Å². The smallest absolute Gasteiger partial charge is 0.433 e. The topological polar surface area (TPSA) is 84.2 Å². The Hall–Kier alpha value is -2.84. The summed E-state index contributed by atoms with van der Waals surface area (Å²) in [5.74, 6) is -1.47. The molecule has 24 heavy (non-hydrogen) atoms. The normalized spacial score (nSPS) is 11.3. The lowest BCUT2D eigenvalue weighted by Crippen LogP contribution is -2.25. The maximum atomic E-state index is 12.9. The number of hydrogen-bond donors (Lipinski definition) is 2. The number of aromatic nitrogens is 2. The van der Waals surface area contributed by atoms with Gasteiger partial charge in [-0.1, -0.05) is 6.07 Å². The van der Waals surface area contributed by atoms with E-state index in [1.165, 1.54) is 24.3 Å². The Bertz CT molecular complexity index is 741. The number of amides is 1. The molecule has 1 heterocycles. The average molecular weight is 341 g/mol. The van der Waals surface area contributed by atoms with Gasteiger partial charge in [0.1, 0.15) is 5.69 Å². The fourth-order valence-corrected chi connectivity index (χ4v) is 2.05. The van der Waals surface area contributed by atoms with Crippen molar-refractivity contribution in [2.45, 2.75) is 19.0 Å². The van der Waals surface area contributed by atoms with Gasteiger partial charge in [0.2, 0.25) is 0 Å². The predicted molar refractivity (Wildman–Crippen MR) is 77.8 cm³/mol. The van der Waals surface area contributed by atoms with E-state index >= 15 is 0 Å². The molecule has 0 aliphatic heterocycles. The van der Waals surface area contributed by atoms with Gasteiger partial charge < -0.3 is 10.4 Å². The molecule has 0 radical (unpaired) electrons. The molecule has 0 bridgehead atoms. The molecule has 128 valence electrons. The maximum absolute atomic E-state index is 12.9. The van der Waals surface area contributed by atoms with Crippen molar-refractivity contribution in [2.75, 3.05) is 6.54 Å². The molecule has 1 amide bonds. The van der Waals surface area contributed by atoms with Crippen LogP contribution in [0, 0.1) is 0 Å². The van der Waals surface area contributed by atoms with Crippen LogP contribution in [0.3, 0.4) is 0 Å². The van der Waals surface area contributed by atoms with Gasteiger partial charge in [0.25, 0.3) is 5.91 Å². The van der Waals surface area contributed by atoms with Gasteiger partial charge in [-0.25, -0.2) is 4.68 Å². The van der Waals surface area contributed by atoms with Crippen LogP contribution in [-0.2, 0) is 11.0 Å². The fraction of sp³-hybridized carbons (Fsp3) is 0.267. The summed E-state index contributed by atoms with van der Waals surface area (Å²) in [6.07, 6.45) is -3.35. The molecule has 0 unspecified atom stereocenters. The molecule has 1 aromatic carbocycles. The first-order valence-corrected chi connectivity index (χ1v) is 7.00. The molecular formula is C15H14F3N3O3. The van der Waals surface area contributed by atoms with Crippen LogP contribution in [0.15, 0.2) is 36.5 Å². The minimum atomic E-state index is -4.56. The van der Waals surface area contributed by atoms with E-state index < -0.39 is 23.7 Å². The number of halogens is 3. The van der Waals surface area contributed by atoms with Crippen molar-refractivity contribution in [1.82, 2.24) is 15.1 Å². The maximum Gasteiger partial charge on any atom is 0.433 e. The number of rotatable bonds is 6. The van der Waals surface area contributed by atoms with Crippen LogP contribution in [0.2, 0.25) is 0 Å². The molecule has 0 aliphatic rings. The Balaban J connectivity index is 2.13. The van der Waals surface area contributed by atoms with Gasteiger partial charge in [-0.3, -0.25) is 9.59 Å². The predicted octanol–water partition coefficient (Wildman–Crippen LogP) is 2.49. The van der Waals surface area contributed by atoms with Gasteiger partial charge in [0, 0.05) is 18.5 Å². The molecule has 2 rings (SSSR count). The first kappa shape index (κ1) is 17.5. The van der Waals surface area contributed by atoms with Gasteiger partial charge in [-0.2, -0.15) is 18.3 Å². The first-order chi connectivity index (χ1) is 11.3. The lowest BCUT2D eigenvalue weighted by Gasteiger charge is -2.11. The third-order valence-electron chi connectivity index (χ3n) is 3.14. The van der Waals surface area contributed by atoms with Gasteiger partial charge in [-0.15, -0.1) is 0 Å². The van der Waals surface area contributed by atoms with Crippen molar-refractivity contribution in [1.29, 1.82) is 0 Å². The fourth-order valence-electron chi connectivity index (χ4n) is 2.05. The number of carbonyl (C=O) groups excluding carboxylic acids is 1. The van der Waals surface area contributed by atoms with E-state index in [-0.39, 0.29) is 30.6 Å². The van der Waals surface area contributed by atoms with Crippen LogP contribution in [0.5, 0.6) is 0 Å². The number of carboxylic acids is 1. The number of nitrogens with zero attached hydrogens (tertiary/aromatic N) is 2. The van der Waals surface area contributed by atoms with Crippen molar-refractivity contribution in [3.63, 3.8) is 0 Å². The standard InChI is InChI=1S/C15H14F3N3O3/c16-15(17,18)12-6-8-20-21(12)11-4-1-3-10(9-11)14(24)19-7-2-5-13(22)23/h1,3-4,6,8-9H,2,5,7H2,(H,19,24)(H,22,23). The van der Waals surface area contributed by atoms with Crippen molar-refractivity contribution in [2.24, 2.45) is 0 Å². The third-order valence-corrected chi connectivity index (χ3v) is 3.14. The molecule has 0 aliphatic carbocycles. The second kappa shape index (κ2) is 7.16. The molecule has 1 aromatic heterocycles. The van der Waals surface area contributed by atoms with E-state index in [0.29, 0.717) is 4.68 Å². The summed E-state index contributed by atoms with van der Waals surface area (Å²) in [6, 6.07) is 6.44. The molecular weight excluding hydrogens is 327 g/mol. The van der Waals surface area contributed by atoms with Crippen LogP contribution >= 0.6 is 0 Å². The van der Waals surface area contributed by atoms with E-state index in [0.717, 1.165) is 12.3 Å². The number of hydrogen-bond acceptors (Lipinski definition) is 3. The summed E-state index contributed by atoms with van der Waals surface area (Å²) in [5.41, 5.74) is -0.682. The zero-order valence-electron chi connectivity index (χ0n) is 12.4. The first-order valence-electron chi connectivity index (χ1n) is 7.00. The lowest BCUT2D eigenvalue weighted by molar-refractivity contribution is -0.142. The largest absolute Gasteiger partial charge is 0.481 e. The molecule has 0 atom stereocenters. The van der Waals surface area contributed by atoms with Crippen LogP contribution < -0.4 is 5.32 Å². The summed E-state index contributed by atoms with van der Waals surface area (Å²) in [6.45, 7) is 0.158. The SMILES string of the molecule is O=C(O)CCCNC(=O)c1cccc(-n2nccc2C(F)(F)F)c1. The molecule has 2 aromatic rings. The van der Waals surface area contributed by atoms with Gasteiger partial charge in [-0.05, 0) is 30.7 Å². The van der Waals surface area contributed by atoms with Gasteiger partial charge in [0.15, 0.2) is 0 Å². The Morgan fingerprint density at radius 2 is 2.00 bits per heavy atom.